The lowest BCUT2D eigenvalue weighted by Crippen LogP contribution is -2.18. The summed E-state index contributed by atoms with van der Waals surface area (Å²) >= 11 is 0. The van der Waals surface area contributed by atoms with E-state index in [0.717, 1.165) is 34.7 Å². The molecule has 2 aromatic carbocycles. The van der Waals surface area contributed by atoms with Crippen LogP contribution in [-0.2, 0) is 6.42 Å². The fraction of sp³-hybridized carbons (Fsp3) is 0.143. The molecule has 3 heteroatoms. The van der Waals surface area contributed by atoms with E-state index in [2.05, 4.69) is 24.3 Å². The Morgan fingerprint density at radius 2 is 1.92 bits per heavy atom. The molecule has 0 bridgehead atoms. The maximum absolute atomic E-state index is 9.39. The van der Waals surface area contributed by atoms with Gasteiger partial charge < -0.3 is 4.74 Å². The second kappa shape index (κ2) is 5.82. The van der Waals surface area contributed by atoms with Crippen molar-refractivity contribution in [1.82, 2.24) is 0 Å². The average Bonchev–Trinajstić information content (AvgIpc) is 3.01. The second-order valence-corrected chi connectivity index (χ2v) is 5.96. The molecule has 1 heterocycles. The lowest BCUT2D eigenvalue weighted by atomic mass is 9.83. The monoisotopic (exact) mass is 312 g/mol. The predicted octanol–water partition coefficient (Wildman–Crippen LogP) is 4.49. The summed E-state index contributed by atoms with van der Waals surface area (Å²) in [6.07, 6.45) is 4.80. The number of nitrogens with zero attached hydrogens (tertiary/aromatic N) is 2. The van der Waals surface area contributed by atoms with Crippen molar-refractivity contribution in [2.45, 2.75) is 6.42 Å². The first-order valence-corrected chi connectivity index (χ1v) is 7.93. The van der Waals surface area contributed by atoms with Gasteiger partial charge in [0, 0.05) is 22.6 Å². The SMILES string of the molecule is COc1ccc(CC2C=C(C#N)C=C3C2=Nc2ccccc23)cc1. The minimum absolute atomic E-state index is 0.112. The molecule has 0 saturated heterocycles. The summed E-state index contributed by atoms with van der Waals surface area (Å²) in [5.74, 6) is 0.960. The first-order valence-electron chi connectivity index (χ1n) is 7.93. The Labute approximate surface area is 141 Å². The highest BCUT2D eigenvalue weighted by Gasteiger charge is 2.29. The van der Waals surface area contributed by atoms with Crippen LogP contribution in [0.5, 0.6) is 5.75 Å². The maximum Gasteiger partial charge on any atom is 0.118 e. The zero-order valence-electron chi connectivity index (χ0n) is 13.4. The highest BCUT2D eigenvalue weighted by molar-refractivity contribution is 6.31. The number of nitriles is 1. The van der Waals surface area contributed by atoms with Crippen molar-refractivity contribution in [1.29, 1.82) is 5.26 Å². The van der Waals surface area contributed by atoms with Crippen LogP contribution in [0.3, 0.4) is 0 Å². The van der Waals surface area contributed by atoms with Crippen LogP contribution in [0, 0.1) is 17.2 Å². The van der Waals surface area contributed by atoms with Crippen molar-refractivity contribution < 1.29 is 4.74 Å². The van der Waals surface area contributed by atoms with Gasteiger partial charge in [-0.3, -0.25) is 4.99 Å². The fourth-order valence-corrected chi connectivity index (χ4v) is 3.30. The molecule has 0 N–H and O–H groups in total. The summed E-state index contributed by atoms with van der Waals surface area (Å²) < 4.78 is 5.22. The highest BCUT2D eigenvalue weighted by Crippen LogP contribution is 2.40. The van der Waals surface area contributed by atoms with Gasteiger partial charge in [-0.1, -0.05) is 36.4 Å². The smallest absolute Gasteiger partial charge is 0.118 e. The van der Waals surface area contributed by atoms with Crippen LogP contribution < -0.4 is 4.74 Å². The van der Waals surface area contributed by atoms with Crippen molar-refractivity contribution >= 4 is 17.0 Å². The molecule has 1 atom stereocenters. The van der Waals surface area contributed by atoms with Crippen LogP contribution >= 0.6 is 0 Å². The first kappa shape index (κ1) is 14.5. The fourth-order valence-electron chi connectivity index (χ4n) is 3.30. The largest absolute Gasteiger partial charge is 0.497 e. The molecule has 0 fully saturated rings. The summed E-state index contributed by atoms with van der Waals surface area (Å²) in [6, 6.07) is 18.5. The molecule has 1 unspecified atom stereocenters. The molecular formula is C21H16N2O. The van der Waals surface area contributed by atoms with Crippen molar-refractivity contribution in [2.24, 2.45) is 10.9 Å². The third kappa shape index (κ3) is 2.43. The van der Waals surface area contributed by atoms with Crippen LogP contribution in [0.25, 0.3) is 5.57 Å². The van der Waals surface area contributed by atoms with E-state index < -0.39 is 0 Å². The van der Waals surface area contributed by atoms with Gasteiger partial charge in [0.15, 0.2) is 0 Å². The number of rotatable bonds is 3. The summed E-state index contributed by atoms with van der Waals surface area (Å²) in [6.45, 7) is 0. The van der Waals surface area contributed by atoms with Gasteiger partial charge in [0.1, 0.15) is 5.75 Å². The van der Waals surface area contributed by atoms with E-state index >= 15 is 0 Å². The zero-order valence-corrected chi connectivity index (χ0v) is 13.4. The molecule has 2 aromatic rings. The molecule has 4 rings (SSSR count). The Hall–Kier alpha value is -3.12. The Kier molecular flexibility index (Phi) is 3.51. The normalized spacial score (nSPS) is 17.8. The molecule has 3 nitrogen and oxygen atoms in total. The summed E-state index contributed by atoms with van der Waals surface area (Å²) in [5.41, 5.74) is 6.17. The summed E-state index contributed by atoms with van der Waals surface area (Å²) in [7, 11) is 1.67. The van der Waals surface area contributed by atoms with E-state index in [4.69, 9.17) is 9.73 Å². The Bertz CT molecular complexity index is 927. The van der Waals surface area contributed by atoms with Crippen molar-refractivity contribution in [3.05, 3.63) is 77.4 Å². The number of hydrogen-bond donors (Lipinski definition) is 0. The van der Waals surface area contributed by atoms with Crippen LogP contribution in [0.15, 0.2) is 71.2 Å². The Morgan fingerprint density at radius 3 is 2.67 bits per heavy atom. The molecule has 24 heavy (non-hydrogen) atoms. The molecule has 0 amide bonds. The third-order valence-corrected chi connectivity index (χ3v) is 4.49. The number of hydrogen-bond acceptors (Lipinski definition) is 3. The predicted molar refractivity (Wildman–Crippen MR) is 95.4 cm³/mol. The number of para-hydroxylation sites is 1. The van der Waals surface area contributed by atoms with Gasteiger partial charge in [-0.05, 0) is 36.3 Å². The van der Waals surface area contributed by atoms with Gasteiger partial charge in [0.2, 0.25) is 0 Å². The minimum atomic E-state index is 0.112. The van der Waals surface area contributed by atoms with E-state index in [1.165, 1.54) is 5.56 Å². The second-order valence-electron chi connectivity index (χ2n) is 5.96. The van der Waals surface area contributed by atoms with Gasteiger partial charge in [-0.15, -0.1) is 0 Å². The van der Waals surface area contributed by atoms with E-state index in [9.17, 15) is 5.26 Å². The van der Waals surface area contributed by atoms with Crippen LogP contribution in [0.1, 0.15) is 11.1 Å². The molecule has 1 aliphatic carbocycles. The number of allylic oxidation sites excluding steroid dienone is 4. The lowest BCUT2D eigenvalue weighted by Gasteiger charge is -2.19. The topological polar surface area (TPSA) is 45.4 Å². The summed E-state index contributed by atoms with van der Waals surface area (Å²) in [4.78, 5) is 4.82. The minimum Gasteiger partial charge on any atom is -0.497 e. The lowest BCUT2D eigenvalue weighted by molar-refractivity contribution is 0.414. The van der Waals surface area contributed by atoms with Crippen LogP contribution in [0.2, 0.25) is 0 Å². The van der Waals surface area contributed by atoms with Gasteiger partial charge in [0.05, 0.1) is 24.6 Å². The van der Waals surface area contributed by atoms with Gasteiger partial charge in [-0.2, -0.15) is 5.26 Å². The first-order chi connectivity index (χ1) is 11.8. The summed E-state index contributed by atoms with van der Waals surface area (Å²) in [5, 5.41) is 9.39. The zero-order chi connectivity index (χ0) is 16.5. The Balaban J connectivity index is 1.70. The van der Waals surface area contributed by atoms with Crippen molar-refractivity contribution in [3.63, 3.8) is 0 Å². The van der Waals surface area contributed by atoms with Crippen molar-refractivity contribution in [2.75, 3.05) is 7.11 Å². The quantitative estimate of drug-likeness (QED) is 0.838. The van der Waals surface area contributed by atoms with E-state index in [1.807, 2.05) is 42.5 Å². The third-order valence-electron chi connectivity index (χ3n) is 4.49. The maximum atomic E-state index is 9.39. The molecule has 0 spiro atoms. The molecule has 116 valence electrons. The number of methoxy groups -OCH3 is 1. The number of fused-ring (bicyclic) bond motifs is 3. The van der Waals surface area contributed by atoms with Crippen molar-refractivity contribution in [3.8, 4) is 11.8 Å². The average molecular weight is 312 g/mol. The van der Waals surface area contributed by atoms with Gasteiger partial charge in [-0.25, -0.2) is 0 Å². The molecule has 0 radical (unpaired) electrons. The van der Waals surface area contributed by atoms with Crippen LogP contribution in [-0.4, -0.2) is 12.8 Å². The standard InChI is InChI=1S/C21H16N2O/c1-24-17-8-6-14(7-9-17)10-16-11-15(13-22)12-19-18-4-2-3-5-20(18)23-21(16)19/h2-9,11-12,16H,10H2,1H3. The van der Waals surface area contributed by atoms with E-state index in [0.29, 0.717) is 5.57 Å². The number of ether oxygens (including phenoxy) is 1. The molecular weight excluding hydrogens is 296 g/mol. The molecule has 1 aliphatic heterocycles. The molecule has 0 saturated carbocycles. The van der Waals surface area contributed by atoms with Gasteiger partial charge >= 0.3 is 0 Å². The molecule has 0 aromatic heterocycles. The van der Waals surface area contributed by atoms with E-state index in [-0.39, 0.29) is 5.92 Å². The number of benzene rings is 2. The molecule has 2 aliphatic rings. The highest BCUT2D eigenvalue weighted by atomic mass is 16.5. The van der Waals surface area contributed by atoms with Gasteiger partial charge in [0.25, 0.3) is 0 Å². The number of aliphatic imine (C=N–C) groups is 1. The Morgan fingerprint density at radius 1 is 1.12 bits per heavy atom. The van der Waals surface area contributed by atoms with E-state index in [1.54, 1.807) is 7.11 Å². The van der Waals surface area contributed by atoms with Crippen LogP contribution in [0.4, 0.5) is 5.69 Å².